The number of aryl methyl sites for hydroxylation is 1. The molecule has 0 aliphatic carbocycles. The molecule has 0 unspecified atom stereocenters. The third-order valence-corrected chi connectivity index (χ3v) is 3.42. The topological polar surface area (TPSA) is 69.2 Å². The highest BCUT2D eigenvalue weighted by Crippen LogP contribution is 2.17. The fourth-order valence-corrected chi connectivity index (χ4v) is 2.17. The average Bonchev–Trinajstić information content (AvgIpc) is 2.62. The zero-order chi connectivity index (χ0) is 17.8. The van der Waals surface area contributed by atoms with Crippen LogP contribution < -0.4 is 4.74 Å². The quantitative estimate of drug-likeness (QED) is 0.415. The molecule has 0 radical (unpaired) electrons. The number of ketones is 1. The van der Waals surface area contributed by atoms with E-state index in [-0.39, 0.29) is 17.2 Å². The number of esters is 1. The third-order valence-electron chi connectivity index (χ3n) is 3.42. The Morgan fingerprint density at radius 3 is 2.12 bits per heavy atom. The van der Waals surface area contributed by atoms with Crippen molar-refractivity contribution >= 4 is 11.8 Å². The van der Waals surface area contributed by atoms with Gasteiger partial charge in [0.05, 0.1) is 0 Å². The first-order valence-corrected chi connectivity index (χ1v) is 7.45. The number of benzene rings is 2. The van der Waals surface area contributed by atoms with Crippen molar-refractivity contribution in [3.05, 3.63) is 89.3 Å². The summed E-state index contributed by atoms with van der Waals surface area (Å²) in [5.74, 6) is -0.502. The van der Waals surface area contributed by atoms with E-state index in [4.69, 9.17) is 4.74 Å². The summed E-state index contributed by atoms with van der Waals surface area (Å²) in [4.78, 5) is 32.2. The van der Waals surface area contributed by atoms with Crippen molar-refractivity contribution in [3.63, 3.8) is 0 Å². The molecule has 0 saturated carbocycles. The number of nitrogens with zero attached hydrogens (tertiary/aromatic N) is 2. The van der Waals surface area contributed by atoms with Crippen LogP contribution in [0.15, 0.2) is 60.8 Å². The van der Waals surface area contributed by atoms with Crippen LogP contribution in [-0.4, -0.2) is 21.7 Å². The molecular weight excluding hydrogens is 323 g/mol. The molecule has 0 spiro atoms. The highest BCUT2D eigenvalue weighted by Gasteiger charge is 2.12. The Hall–Kier alpha value is -3.41. The van der Waals surface area contributed by atoms with Crippen molar-refractivity contribution in [1.82, 2.24) is 9.97 Å². The average molecular weight is 336 g/mol. The number of carbonyl (C=O) groups is 2. The Balaban J connectivity index is 1.73. The van der Waals surface area contributed by atoms with Gasteiger partial charge in [-0.15, -0.1) is 0 Å². The van der Waals surface area contributed by atoms with Gasteiger partial charge < -0.3 is 4.74 Å². The smallest absolute Gasteiger partial charge is 0.362 e. The minimum atomic E-state index is -0.608. The maximum atomic E-state index is 12.9. The Morgan fingerprint density at radius 2 is 1.52 bits per heavy atom. The van der Waals surface area contributed by atoms with Crippen LogP contribution in [0, 0.1) is 12.7 Å². The van der Waals surface area contributed by atoms with E-state index in [1.165, 1.54) is 48.7 Å². The van der Waals surface area contributed by atoms with Gasteiger partial charge in [-0.05, 0) is 61.5 Å². The van der Waals surface area contributed by atoms with E-state index in [0.29, 0.717) is 17.0 Å². The van der Waals surface area contributed by atoms with Crippen LogP contribution in [-0.2, 0) is 0 Å². The molecule has 3 aromatic rings. The summed E-state index contributed by atoms with van der Waals surface area (Å²) in [7, 11) is 0. The highest BCUT2D eigenvalue weighted by atomic mass is 19.1. The van der Waals surface area contributed by atoms with Crippen LogP contribution in [0.2, 0.25) is 0 Å². The molecule has 0 atom stereocenters. The first-order valence-electron chi connectivity index (χ1n) is 7.45. The van der Waals surface area contributed by atoms with Crippen LogP contribution >= 0.6 is 0 Å². The van der Waals surface area contributed by atoms with Crippen molar-refractivity contribution in [2.24, 2.45) is 0 Å². The SMILES string of the molecule is Cc1nccc(C(=O)Oc2ccc(C(=O)c3ccc(F)cc3)cc2)n1. The van der Waals surface area contributed by atoms with Crippen LogP contribution in [0.3, 0.4) is 0 Å². The second-order valence-corrected chi connectivity index (χ2v) is 5.24. The van der Waals surface area contributed by atoms with Gasteiger partial charge in [0.25, 0.3) is 0 Å². The van der Waals surface area contributed by atoms with Crippen molar-refractivity contribution in [2.45, 2.75) is 6.92 Å². The Morgan fingerprint density at radius 1 is 0.920 bits per heavy atom. The molecule has 3 rings (SSSR count). The van der Waals surface area contributed by atoms with Crippen LogP contribution in [0.5, 0.6) is 5.75 Å². The molecule has 2 aromatic carbocycles. The minimum Gasteiger partial charge on any atom is -0.422 e. The minimum absolute atomic E-state index is 0.152. The van der Waals surface area contributed by atoms with Gasteiger partial charge >= 0.3 is 5.97 Å². The maximum absolute atomic E-state index is 12.9. The molecule has 0 bridgehead atoms. The molecular formula is C19H13FN2O3. The van der Waals surface area contributed by atoms with E-state index in [9.17, 15) is 14.0 Å². The fourth-order valence-electron chi connectivity index (χ4n) is 2.17. The first kappa shape index (κ1) is 16.4. The molecule has 0 fully saturated rings. The third kappa shape index (κ3) is 3.92. The van der Waals surface area contributed by atoms with E-state index in [0.717, 1.165) is 0 Å². The molecule has 25 heavy (non-hydrogen) atoms. The van der Waals surface area contributed by atoms with Crippen molar-refractivity contribution in [1.29, 1.82) is 0 Å². The van der Waals surface area contributed by atoms with Gasteiger partial charge in [-0.2, -0.15) is 0 Å². The summed E-state index contributed by atoms with van der Waals surface area (Å²) < 4.78 is 18.1. The standard InChI is InChI=1S/C19H13FN2O3/c1-12-21-11-10-17(22-12)19(24)25-16-8-4-14(5-9-16)18(23)13-2-6-15(20)7-3-13/h2-11H,1H3. The van der Waals surface area contributed by atoms with Crippen molar-refractivity contribution in [2.75, 3.05) is 0 Å². The molecule has 1 aromatic heterocycles. The number of aromatic nitrogens is 2. The number of hydrogen-bond acceptors (Lipinski definition) is 5. The zero-order valence-electron chi connectivity index (χ0n) is 13.3. The Bertz CT molecular complexity index is 922. The van der Waals surface area contributed by atoms with Crippen LogP contribution in [0.4, 0.5) is 4.39 Å². The van der Waals surface area contributed by atoms with Crippen LogP contribution in [0.1, 0.15) is 32.2 Å². The molecule has 0 aliphatic rings. The predicted molar refractivity (Wildman–Crippen MR) is 88.0 cm³/mol. The van der Waals surface area contributed by atoms with Gasteiger partial charge in [0.2, 0.25) is 0 Å². The van der Waals surface area contributed by atoms with E-state index in [2.05, 4.69) is 9.97 Å². The molecule has 0 saturated heterocycles. The number of ether oxygens (including phenoxy) is 1. The number of carbonyl (C=O) groups excluding carboxylic acids is 2. The Kier molecular flexibility index (Phi) is 4.61. The van der Waals surface area contributed by atoms with Gasteiger partial charge in [0.15, 0.2) is 11.5 Å². The van der Waals surface area contributed by atoms with E-state index in [1.54, 1.807) is 19.1 Å². The molecule has 0 amide bonds. The maximum Gasteiger partial charge on any atom is 0.362 e. The lowest BCUT2D eigenvalue weighted by atomic mass is 10.0. The summed E-state index contributed by atoms with van der Waals surface area (Å²) in [5, 5.41) is 0. The summed E-state index contributed by atoms with van der Waals surface area (Å²) in [6, 6.07) is 12.9. The fraction of sp³-hybridized carbons (Fsp3) is 0.0526. The van der Waals surface area contributed by atoms with Gasteiger partial charge in [-0.1, -0.05) is 0 Å². The van der Waals surface area contributed by atoms with Crippen LogP contribution in [0.25, 0.3) is 0 Å². The molecule has 0 N–H and O–H groups in total. The second kappa shape index (κ2) is 7.00. The molecule has 0 aliphatic heterocycles. The highest BCUT2D eigenvalue weighted by molar-refractivity contribution is 6.09. The first-order chi connectivity index (χ1) is 12.0. The number of halogens is 1. The normalized spacial score (nSPS) is 10.3. The lowest BCUT2D eigenvalue weighted by Gasteiger charge is -2.06. The Labute approximate surface area is 143 Å². The lowest BCUT2D eigenvalue weighted by Crippen LogP contribution is -2.11. The number of rotatable bonds is 4. The summed E-state index contributed by atoms with van der Waals surface area (Å²) in [6.07, 6.45) is 1.48. The van der Waals surface area contributed by atoms with E-state index in [1.807, 2.05) is 0 Å². The molecule has 124 valence electrons. The van der Waals surface area contributed by atoms with Crippen molar-refractivity contribution in [3.8, 4) is 5.75 Å². The number of hydrogen-bond donors (Lipinski definition) is 0. The molecule has 1 heterocycles. The summed E-state index contributed by atoms with van der Waals surface area (Å²) in [5.41, 5.74) is 0.936. The largest absolute Gasteiger partial charge is 0.422 e. The zero-order valence-corrected chi connectivity index (χ0v) is 13.3. The van der Waals surface area contributed by atoms with Gasteiger partial charge in [-0.3, -0.25) is 4.79 Å². The predicted octanol–water partition coefficient (Wildman–Crippen LogP) is 3.37. The van der Waals surface area contributed by atoms with E-state index < -0.39 is 11.8 Å². The van der Waals surface area contributed by atoms with Gasteiger partial charge in [0, 0.05) is 17.3 Å². The summed E-state index contributed by atoms with van der Waals surface area (Å²) >= 11 is 0. The summed E-state index contributed by atoms with van der Waals surface area (Å²) in [6.45, 7) is 1.67. The van der Waals surface area contributed by atoms with E-state index >= 15 is 0 Å². The van der Waals surface area contributed by atoms with Gasteiger partial charge in [0.1, 0.15) is 17.4 Å². The van der Waals surface area contributed by atoms with Gasteiger partial charge in [-0.25, -0.2) is 19.2 Å². The monoisotopic (exact) mass is 336 g/mol. The molecule has 5 nitrogen and oxygen atoms in total. The lowest BCUT2D eigenvalue weighted by molar-refractivity contribution is 0.0728. The van der Waals surface area contributed by atoms with Crippen molar-refractivity contribution < 1.29 is 18.7 Å². The molecule has 6 heteroatoms. The second-order valence-electron chi connectivity index (χ2n) is 5.24.